The Balaban J connectivity index is 2.99. The van der Waals surface area contributed by atoms with E-state index in [0.717, 1.165) is 5.56 Å². The number of aliphatic hydroxyl groups excluding tert-OH is 1. The number of furan rings is 1. The molecule has 0 amide bonds. The summed E-state index contributed by atoms with van der Waals surface area (Å²) in [5.74, 6) is -0.446. The highest BCUT2D eigenvalue weighted by molar-refractivity contribution is 6.74. The summed E-state index contributed by atoms with van der Waals surface area (Å²) < 4.78 is 16.5. The summed E-state index contributed by atoms with van der Waals surface area (Å²) in [6, 6.07) is 1.75. The van der Waals surface area contributed by atoms with Crippen molar-refractivity contribution in [2.75, 3.05) is 0 Å². The van der Waals surface area contributed by atoms with Gasteiger partial charge in [0.25, 0.3) is 8.32 Å². The Morgan fingerprint density at radius 3 is 2.50 bits per heavy atom. The van der Waals surface area contributed by atoms with E-state index in [2.05, 4.69) is 32.3 Å². The van der Waals surface area contributed by atoms with Gasteiger partial charge in [-0.15, -0.1) is 0 Å². The van der Waals surface area contributed by atoms with Gasteiger partial charge < -0.3 is 18.7 Å². The summed E-state index contributed by atoms with van der Waals surface area (Å²) in [5, 5.41) is 19.4. The normalized spacial score (nSPS) is 14.4. The second-order valence-electron chi connectivity index (χ2n) is 7.11. The molecule has 0 saturated carbocycles. The lowest BCUT2D eigenvalue weighted by atomic mass is 10.1. The average molecular weight is 351 g/mol. The van der Waals surface area contributed by atoms with E-state index in [-0.39, 0.29) is 16.5 Å². The first-order valence-electron chi connectivity index (χ1n) is 7.88. The van der Waals surface area contributed by atoms with Gasteiger partial charge in [0.2, 0.25) is 11.2 Å². The van der Waals surface area contributed by atoms with Crippen LogP contribution in [0.25, 0.3) is 4.98 Å². The Kier molecular flexibility index (Phi) is 6.26. The van der Waals surface area contributed by atoms with Crippen LogP contribution in [0.3, 0.4) is 0 Å². The van der Waals surface area contributed by atoms with E-state index in [4.69, 9.17) is 13.6 Å². The highest BCUT2D eigenvalue weighted by atomic mass is 28.4. The molecule has 1 atom stereocenters. The second-order valence-corrected chi connectivity index (χ2v) is 11.8. The van der Waals surface area contributed by atoms with Crippen LogP contribution in [0.4, 0.5) is 0 Å². The molecule has 7 heteroatoms. The summed E-state index contributed by atoms with van der Waals surface area (Å²) in [6.45, 7) is 16.0. The Labute approximate surface area is 144 Å². The van der Waals surface area contributed by atoms with Crippen molar-refractivity contribution in [3.05, 3.63) is 53.1 Å². The van der Waals surface area contributed by atoms with Crippen molar-refractivity contribution in [3.8, 4) is 0 Å². The van der Waals surface area contributed by atoms with Gasteiger partial charge in [0.15, 0.2) is 4.98 Å². The minimum absolute atomic E-state index is 0.0598. The summed E-state index contributed by atoms with van der Waals surface area (Å²) in [6.07, 6.45) is 3.23. The highest BCUT2D eigenvalue weighted by Gasteiger charge is 2.42. The zero-order valence-electron chi connectivity index (χ0n) is 15.3. The van der Waals surface area contributed by atoms with Crippen LogP contribution in [0.2, 0.25) is 18.1 Å². The van der Waals surface area contributed by atoms with E-state index in [1.807, 2.05) is 20.0 Å². The molecule has 1 aromatic rings. The van der Waals surface area contributed by atoms with Crippen molar-refractivity contribution in [1.82, 2.24) is 0 Å². The van der Waals surface area contributed by atoms with Gasteiger partial charge >= 0.3 is 11.6 Å². The van der Waals surface area contributed by atoms with Crippen LogP contribution in [-0.2, 0) is 9.16 Å². The summed E-state index contributed by atoms with van der Waals surface area (Å²) in [5.41, 5.74) is 0.569. The first-order chi connectivity index (χ1) is 11.0. The monoisotopic (exact) mass is 351 g/mol. The number of aliphatic hydroxyl groups is 1. The maximum Gasteiger partial charge on any atom is 0.503 e. The lowest BCUT2D eigenvalue weighted by Crippen LogP contribution is -2.40. The average Bonchev–Trinajstić information content (AvgIpc) is 2.97. The van der Waals surface area contributed by atoms with E-state index >= 15 is 0 Å². The molecule has 0 fully saturated rings. The molecule has 1 N–H and O–H groups in total. The van der Waals surface area contributed by atoms with Crippen LogP contribution in [0.1, 0.15) is 45.8 Å². The number of hydrogen-bond donors (Lipinski definition) is 1. The molecule has 1 aromatic heterocycles. The number of ether oxygens (including phenoxy) is 1. The molecule has 1 unspecified atom stereocenters. The topological polar surface area (TPSA) is 80.0 Å². The van der Waals surface area contributed by atoms with Crippen molar-refractivity contribution in [1.29, 1.82) is 5.39 Å². The summed E-state index contributed by atoms with van der Waals surface area (Å²) in [7, 11) is -2.18. The van der Waals surface area contributed by atoms with E-state index in [1.165, 1.54) is 12.5 Å². The summed E-state index contributed by atoms with van der Waals surface area (Å²) in [4.78, 5) is 3.10. The van der Waals surface area contributed by atoms with Gasteiger partial charge in [0.1, 0.15) is 6.10 Å². The third-order valence-corrected chi connectivity index (χ3v) is 8.66. The third kappa shape index (κ3) is 4.65. The van der Waals surface area contributed by atoms with Gasteiger partial charge in [0, 0.05) is 5.56 Å². The van der Waals surface area contributed by atoms with Crippen molar-refractivity contribution >= 4 is 8.32 Å². The van der Waals surface area contributed by atoms with Crippen molar-refractivity contribution < 1.29 is 18.7 Å². The molecule has 0 aliphatic carbocycles. The molecule has 1 rings (SSSR count). The Hall–Kier alpha value is -2.20. The SMILES string of the molecule is C=C(O[Si](C)(C)C(C)(C)C)/C([N+]#N)=C(/O)OC(CC)c1ccoc1. The van der Waals surface area contributed by atoms with Gasteiger partial charge in [-0.25, -0.2) is 0 Å². The van der Waals surface area contributed by atoms with E-state index in [1.54, 1.807) is 6.07 Å². The molecule has 0 bridgehead atoms. The van der Waals surface area contributed by atoms with Gasteiger partial charge in [-0.1, -0.05) is 27.7 Å². The second kappa shape index (κ2) is 7.58. The lowest BCUT2D eigenvalue weighted by molar-refractivity contribution is 0.0259. The maximum atomic E-state index is 10.2. The first kappa shape index (κ1) is 19.8. The van der Waals surface area contributed by atoms with Crippen LogP contribution < -0.4 is 0 Å². The fourth-order valence-corrected chi connectivity index (χ4v) is 2.78. The van der Waals surface area contributed by atoms with Gasteiger partial charge in [-0.2, -0.15) is 0 Å². The van der Waals surface area contributed by atoms with Crippen LogP contribution >= 0.6 is 0 Å². The van der Waals surface area contributed by atoms with Crippen LogP contribution in [0.15, 0.2) is 47.0 Å². The molecule has 0 radical (unpaired) electrons. The van der Waals surface area contributed by atoms with Crippen molar-refractivity contribution in [2.45, 2.75) is 58.4 Å². The fraction of sp³-hybridized carbons (Fsp3) is 0.529. The largest absolute Gasteiger partial charge is 0.538 e. The zero-order chi connectivity index (χ0) is 18.5. The number of diazo groups is 1. The van der Waals surface area contributed by atoms with Gasteiger partial charge in [-0.3, -0.25) is 0 Å². The number of rotatable bonds is 7. The molecule has 0 aromatic carbocycles. The standard InChI is InChI=1S/C17H26N2O4Si/c1-8-14(13-9-10-21-11-13)22-16(20)15(19-18)12(2)23-24(6,7)17(3,4)5/h9-11,14H,2,8H2,1,3-7H3/p+1/b16-15+. The van der Waals surface area contributed by atoms with Crippen molar-refractivity contribution in [2.24, 2.45) is 0 Å². The fourth-order valence-electron chi connectivity index (χ4n) is 1.76. The Morgan fingerprint density at radius 2 is 2.08 bits per heavy atom. The Morgan fingerprint density at radius 1 is 1.46 bits per heavy atom. The van der Waals surface area contributed by atoms with Crippen LogP contribution in [0, 0.1) is 5.39 Å². The van der Waals surface area contributed by atoms with Gasteiger partial charge in [0.05, 0.1) is 12.5 Å². The zero-order valence-corrected chi connectivity index (χ0v) is 16.3. The van der Waals surface area contributed by atoms with Crippen molar-refractivity contribution in [3.63, 3.8) is 0 Å². The molecule has 24 heavy (non-hydrogen) atoms. The quantitative estimate of drug-likeness (QED) is 0.288. The molecular formula is C17H27N2O4Si+. The smallest absolute Gasteiger partial charge is 0.503 e. The Bertz CT molecular complexity index is 637. The van der Waals surface area contributed by atoms with E-state index in [0.29, 0.717) is 6.42 Å². The number of nitrogens with zero attached hydrogens (tertiary/aromatic N) is 2. The molecule has 6 nitrogen and oxygen atoms in total. The minimum atomic E-state index is -2.18. The molecule has 132 valence electrons. The highest BCUT2D eigenvalue weighted by Crippen LogP contribution is 2.39. The van der Waals surface area contributed by atoms with Crippen LogP contribution in [0.5, 0.6) is 0 Å². The van der Waals surface area contributed by atoms with E-state index in [9.17, 15) is 10.5 Å². The number of hydrogen-bond acceptors (Lipinski definition) is 5. The summed E-state index contributed by atoms with van der Waals surface area (Å²) >= 11 is 0. The molecule has 0 aliphatic rings. The molecule has 0 saturated heterocycles. The minimum Gasteiger partial charge on any atom is -0.538 e. The van der Waals surface area contributed by atoms with E-state index < -0.39 is 20.4 Å². The van der Waals surface area contributed by atoms with Crippen LogP contribution in [-0.4, -0.2) is 13.4 Å². The molecule has 0 spiro atoms. The first-order valence-corrected chi connectivity index (χ1v) is 10.8. The predicted molar refractivity (Wildman–Crippen MR) is 95.0 cm³/mol. The lowest BCUT2D eigenvalue weighted by Gasteiger charge is -2.35. The third-order valence-electron chi connectivity index (χ3n) is 4.29. The molecule has 1 heterocycles. The van der Waals surface area contributed by atoms with Gasteiger partial charge in [-0.05, 0) is 37.2 Å². The molecular weight excluding hydrogens is 324 g/mol. The maximum absolute atomic E-state index is 10.2. The predicted octanol–water partition coefficient (Wildman–Crippen LogP) is 5.86. The molecule has 0 aliphatic heterocycles.